The van der Waals surface area contributed by atoms with Crippen LogP contribution in [0.3, 0.4) is 0 Å². The lowest BCUT2D eigenvalue weighted by Crippen LogP contribution is -2.39. The molecule has 0 amide bonds. The summed E-state index contributed by atoms with van der Waals surface area (Å²) < 4.78 is 0. The highest BCUT2D eigenvalue weighted by atomic mass is 35.5. The van der Waals surface area contributed by atoms with E-state index in [0.29, 0.717) is 10.1 Å². The van der Waals surface area contributed by atoms with Crippen LogP contribution in [0.5, 0.6) is 0 Å². The molecular weight excluding hydrogens is 256 g/mol. The van der Waals surface area contributed by atoms with Crippen molar-refractivity contribution in [3.05, 3.63) is 28.8 Å². The van der Waals surface area contributed by atoms with Gasteiger partial charge in [-0.05, 0) is 30.3 Å². The third-order valence-electron chi connectivity index (χ3n) is 2.20. The van der Waals surface area contributed by atoms with Crippen LogP contribution in [-0.4, -0.2) is 18.1 Å². The Bertz CT molecular complexity index is 445. The van der Waals surface area contributed by atoms with Gasteiger partial charge in [-0.25, -0.2) is 0 Å². The van der Waals surface area contributed by atoms with Gasteiger partial charge in [-0.3, -0.25) is 4.99 Å². The van der Waals surface area contributed by atoms with Crippen LogP contribution in [0.15, 0.2) is 23.2 Å². The Morgan fingerprint density at radius 3 is 2.82 bits per heavy atom. The highest BCUT2D eigenvalue weighted by Gasteiger charge is 2.07. The fourth-order valence-electron chi connectivity index (χ4n) is 1.32. The number of hydrogen-bond donors (Lipinski definition) is 3. The molecule has 4 N–H and O–H groups in total. The van der Waals surface area contributed by atoms with E-state index in [1.54, 1.807) is 7.05 Å². The van der Waals surface area contributed by atoms with Gasteiger partial charge >= 0.3 is 0 Å². The van der Waals surface area contributed by atoms with E-state index in [9.17, 15) is 0 Å². The van der Waals surface area contributed by atoms with Crippen LogP contribution < -0.4 is 16.4 Å². The Morgan fingerprint density at radius 2 is 2.24 bits per heavy atom. The summed E-state index contributed by atoms with van der Waals surface area (Å²) in [6, 6.07) is 5.71. The minimum Gasteiger partial charge on any atom is -0.370 e. The van der Waals surface area contributed by atoms with E-state index in [-0.39, 0.29) is 5.96 Å². The van der Waals surface area contributed by atoms with Gasteiger partial charge in [0.2, 0.25) is 0 Å². The number of halogens is 1. The zero-order valence-electron chi connectivity index (χ0n) is 9.75. The van der Waals surface area contributed by atoms with Gasteiger partial charge in [-0.2, -0.15) is 0 Å². The van der Waals surface area contributed by atoms with Gasteiger partial charge in [0.1, 0.15) is 0 Å². The van der Waals surface area contributed by atoms with Crippen molar-refractivity contribution in [1.82, 2.24) is 5.32 Å². The Balaban J connectivity index is 2.84. The first-order chi connectivity index (χ1) is 8.08. The van der Waals surface area contributed by atoms with Crippen molar-refractivity contribution in [2.24, 2.45) is 10.7 Å². The van der Waals surface area contributed by atoms with Crippen molar-refractivity contribution < 1.29 is 0 Å². The normalized spacial score (nSPS) is 11.1. The number of hydrogen-bond acceptors (Lipinski definition) is 2. The molecule has 0 aliphatic heterocycles. The van der Waals surface area contributed by atoms with Gasteiger partial charge in [0, 0.05) is 7.05 Å². The van der Waals surface area contributed by atoms with Gasteiger partial charge in [-0.15, -0.1) is 0 Å². The third-order valence-corrected chi connectivity index (χ3v) is 2.72. The number of benzene rings is 1. The molecule has 0 heterocycles. The first kappa shape index (κ1) is 13.7. The molecule has 1 aromatic carbocycles. The molecule has 0 bridgehead atoms. The van der Waals surface area contributed by atoms with Crippen LogP contribution in [0.25, 0.3) is 0 Å². The van der Waals surface area contributed by atoms with Gasteiger partial charge in [-0.1, -0.05) is 30.7 Å². The summed E-state index contributed by atoms with van der Waals surface area (Å²) in [5.74, 6) is 0.257. The van der Waals surface area contributed by atoms with Crippen molar-refractivity contribution in [1.29, 1.82) is 0 Å². The minimum atomic E-state index is 0.257. The second-order valence-corrected chi connectivity index (χ2v) is 4.13. The van der Waals surface area contributed by atoms with Crippen molar-refractivity contribution in [3.8, 4) is 0 Å². The zero-order chi connectivity index (χ0) is 12.8. The number of aryl methyl sites for hydroxylation is 1. The summed E-state index contributed by atoms with van der Waals surface area (Å²) in [5.41, 5.74) is 7.41. The molecule has 1 rings (SSSR count). The zero-order valence-corrected chi connectivity index (χ0v) is 11.3. The lowest BCUT2D eigenvalue weighted by atomic mass is 10.1. The predicted molar refractivity (Wildman–Crippen MR) is 77.7 cm³/mol. The maximum Gasteiger partial charge on any atom is 0.194 e. The van der Waals surface area contributed by atoms with Crippen LogP contribution in [-0.2, 0) is 6.42 Å². The average Bonchev–Trinajstić information content (AvgIpc) is 2.31. The van der Waals surface area contributed by atoms with Gasteiger partial charge in [0.05, 0.1) is 10.7 Å². The minimum absolute atomic E-state index is 0.257. The average molecular weight is 271 g/mol. The number of thiocarbonyl (C=S) groups is 1. The number of nitrogens with two attached hydrogens (primary N) is 1. The van der Waals surface area contributed by atoms with Crippen LogP contribution in [0.4, 0.5) is 5.69 Å². The van der Waals surface area contributed by atoms with Gasteiger partial charge in [0.15, 0.2) is 11.1 Å². The summed E-state index contributed by atoms with van der Waals surface area (Å²) in [5, 5.41) is 6.77. The van der Waals surface area contributed by atoms with Crippen molar-refractivity contribution in [2.75, 3.05) is 12.4 Å². The highest BCUT2D eigenvalue weighted by Crippen LogP contribution is 2.26. The number of para-hydroxylation sites is 1. The second-order valence-electron chi connectivity index (χ2n) is 3.32. The number of nitrogens with one attached hydrogen (secondary N) is 2. The van der Waals surface area contributed by atoms with Crippen molar-refractivity contribution in [2.45, 2.75) is 13.3 Å². The molecule has 0 atom stereocenters. The van der Waals surface area contributed by atoms with E-state index < -0.39 is 0 Å². The third kappa shape index (κ3) is 3.87. The van der Waals surface area contributed by atoms with E-state index in [2.05, 4.69) is 22.5 Å². The second kappa shape index (κ2) is 6.42. The SMILES string of the molecule is CCc1cccc(Cl)c1NC(=S)NC(N)=NC. The maximum atomic E-state index is 6.11. The first-order valence-electron chi connectivity index (χ1n) is 5.16. The first-order valence-corrected chi connectivity index (χ1v) is 5.94. The molecule has 0 spiro atoms. The van der Waals surface area contributed by atoms with Crippen LogP contribution in [0.1, 0.15) is 12.5 Å². The van der Waals surface area contributed by atoms with Gasteiger partial charge in [0.25, 0.3) is 0 Å². The summed E-state index contributed by atoms with van der Waals surface area (Å²) in [6.45, 7) is 2.05. The van der Waals surface area contributed by atoms with E-state index in [4.69, 9.17) is 29.6 Å². The quantitative estimate of drug-likeness (QED) is 0.438. The molecule has 4 nitrogen and oxygen atoms in total. The van der Waals surface area contributed by atoms with E-state index >= 15 is 0 Å². The van der Waals surface area contributed by atoms with Crippen LogP contribution >= 0.6 is 23.8 Å². The Hall–Kier alpha value is -1.33. The lowest BCUT2D eigenvalue weighted by molar-refractivity contribution is 1.14. The highest BCUT2D eigenvalue weighted by molar-refractivity contribution is 7.80. The molecule has 0 unspecified atom stereocenters. The summed E-state index contributed by atoms with van der Waals surface area (Å²) >= 11 is 11.2. The van der Waals surface area contributed by atoms with Crippen molar-refractivity contribution >= 4 is 40.6 Å². The number of anilines is 1. The summed E-state index contributed by atoms with van der Waals surface area (Å²) in [6.07, 6.45) is 0.864. The molecule has 17 heavy (non-hydrogen) atoms. The Kier molecular flexibility index (Phi) is 5.18. The molecule has 0 aliphatic rings. The molecule has 6 heteroatoms. The predicted octanol–water partition coefficient (Wildman–Crippen LogP) is 2.13. The molecule has 0 radical (unpaired) electrons. The molecule has 0 fully saturated rings. The maximum absolute atomic E-state index is 6.11. The Labute approximate surface area is 111 Å². The lowest BCUT2D eigenvalue weighted by Gasteiger charge is -2.14. The van der Waals surface area contributed by atoms with Crippen LogP contribution in [0.2, 0.25) is 5.02 Å². The largest absolute Gasteiger partial charge is 0.370 e. The summed E-state index contributed by atoms with van der Waals surface area (Å²) in [4.78, 5) is 3.76. The Morgan fingerprint density at radius 1 is 1.53 bits per heavy atom. The van der Waals surface area contributed by atoms with E-state index in [1.807, 2.05) is 18.2 Å². The molecule has 92 valence electrons. The molecule has 0 saturated carbocycles. The molecule has 1 aromatic rings. The van der Waals surface area contributed by atoms with Crippen LogP contribution in [0, 0.1) is 0 Å². The fraction of sp³-hybridized carbons (Fsp3) is 0.273. The number of guanidine groups is 1. The smallest absolute Gasteiger partial charge is 0.194 e. The number of rotatable bonds is 2. The fourth-order valence-corrected chi connectivity index (χ4v) is 1.77. The van der Waals surface area contributed by atoms with Crippen molar-refractivity contribution in [3.63, 3.8) is 0 Å². The van der Waals surface area contributed by atoms with E-state index in [1.165, 1.54) is 0 Å². The summed E-state index contributed by atoms with van der Waals surface area (Å²) in [7, 11) is 1.58. The monoisotopic (exact) mass is 270 g/mol. The standard InChI is InChI=1S/C11H15ClN4S/c1-3-7-5-4-6-8(12)9(7)15-11(17)16-10(13)14-2/h4-6H,3H2,1-2H3,(H4,13,14,15,16,17). The van der Waals surface area contributed by atoms with E-state index in [0.717, 1.165) is 17.7 Å². The molecule has 0 aliphatic carbocycles. The number of aliphatic imine (C=N–C) groups is 1. The molecular formula is C11H15ClN4S. The molecule has 0 aromatic heterocycles. The topological polar surface area (TPSA) is 62.4 Å². The number of nitrogens with zero attached hydrogens (tertiary/aromatic N) is 1. The molecule has 0 saturated heterocycles. The van der Waals surface area contributed by atoms with Gasteiger partial charge < -0.3 is 16.4 Å².